The average molecular weight is 328 g/mol. The van der Waals surface area contributed by atoms with Crippen LogP contribution in [-0.2, 0) is 14.4 Å². The molecule has 3 rings (SSSR count). The Labute approximate surface area is 140 Å². The smallest absolute Gasteiger partial charge is 0.270 e. The molecule has 7 nitrogen and oxygen atoms in total. The molecular weight excluding hydrogens is 308 g/mol. The molecule has 0 aliphatic carbocycles. The van der Waals surface area contributed by atoms with Gasteiger partial charge in [-0.05, 0) is 5.56 Å². The van der Waals surface area contributed by atoms with E-state index in [4.69, 9.17) is 0 Å². The summed E-state index contributed by atoms with van der Waals surface area (Å²) in [4.78, 5) is 38.2. The second-order valence-corrected chi connectivity index (χ2v) is 5.94. The summed E-state index contributed by atoms with van der Waals surface area (Å²) in [6.07, 6.45) is 0.835. The third-order valence-electron chi connectivity index (χ3n) is 4.33. The zero-order chi connectivity index (χ0) is 17.1. The standard InChI is InChI=1S/C17H20N4O3/c1-20-16(23)8-7-13(19-20)17(24)21-10-9-18-15(22)11-14(21)12-5-3-2-4-6-12/h2-6,14H,7-11H2,1H3,(H,18,22)/t14-/m1/s1. The quantitative estimate of drug-likeness (QED) is 0.867. The average Bonchev–Trinajstić information content (AvgIpc) is 2.79. The van der Waals surface area contributed by atoms with E-state index >= 15 is 0 Å². The molecule has 0 radical (unpaired) electrons. The molecule has 1 saturated heterocycles. The van der Waals surface area contributed by atoms with Crippen LogP contribution in [0.15, 0.2) is 35.4 Å². The first-order chi connectivity index (χ1) is 11.6. The second-order valence-electron chi connectivity index (χ2n) is 5.94. The van der Waals surface area contributed by atoms with Gasteiger partial charge in [-0.3, -0.25) is 14.4 Å². The van der Waals surface area contributed by atoms with Crippen molar-refractivity contribution in [1.82, 2.24) is 15.2 Å². The maximum Gasteiger partial charge on any atom is 0.270 e. The minimum atomic E-state index is -0.327. The number of hydrogen-bond donors (Lipinski definition) is 1. The molecule has 0 aromatic heterocycles. The third-order valence-corrected chi connectivity index (χ3v) is 4.33. The van der Waals surface area contributed by atoms with Crippen LogP contribution < -0.4 is 5.32 Å². The minimum Gasteiger partial charge on any atom is -0.354 e. The van der Waals surface area contributed by atoms with Gasteiger partial charge < -0.3 is 10.2 Å². The molecule has 126 valence electrons. The first-order valence-electron chi connectivity index (χ1n) is 8.03. The Morgan fingerprint density at radius 2 is 1.96 bits per heavy atom. The third kappa shape index (κ3) is 3.29. The Morgan fingerprint density at radius 1 is 1.21 bits per heavy atom. The highest BCUT2D eigenvalue weighted by Gasteiger charge is 2.33. The molecule has 3 amide bonds. The fourth-order valence-electron chi connectivity index (χ4n) is 3.04. The van der Waals surface area contributed by atoms with Crippen molar-refractivity contribution in [1.29, 1.82) is 0 Å². The molecule has 2 aliphatic heterocycles. The lowest BCUT2D eigenvalue weighted by atomic mass is 10.0. The molecule has 2 aliphatic rings. The van der Waals surface area contributed by atoms with Gasteiger partial charge in [0.05, 0.1) is 12.5 Å². The lowest BCUT2D eigenvalue weighted by Crippen LogP contribution is -2.43. The van der Waals surface area contributed by atoms with Crippen molar-refractivity contribution in [3.63, 3.8) is 0 Å². The van der Waals surface area contributed by atoms with Crippen LogP contribution in [0.25, 0.3) is 0 Å². The Morgan fingerprint density at radius 3 is 2.67 bits per heavy atom. The summed E-state index contributed by atoms with van der Waals surface area (Å²) >= 11 is 0. The SMILES string of the molecule is CN1N=C(C(=O)N2CCNC(=O)C[C@@H]2c2ccccc2)CCC1=O. The summed E-state index contributed by atoms with van der Waals surface area (Å²) in [5.74, 6) is -0.379. The van der Waals surface area contributed by atoms with Crippen LogP contribution in [-0.4, -0.2) is 53.5 Å². The van der Waals surface area contributed by atoms with Gasteiger partial charge in [-0.15, -0.1) is 0 Å². The molecule has 1 atom stereocenters. The van der Waals surface area contributed by atoms with Crippen LogP contribution in [0.5, 0.6) is 0 Å². The van der Waals surface area contributed by atoms with E-state index in [1.54, 1.807) is 11.9 Å². The van der Waals surface area contributed by atoms with Crippen LogP contribution in [0.4, 0.5) is 0 Å². The van der Waals surface area contributed by atoms with Gasteiger partial charge >= 0.3 is 0 Å². The fraction of sp³-hybridized carbons (Fsp3) is 0.412. The van der Waals surface area contributed by atoms with Crippen molar-refractivity contribution in [2.45, 2.75) is 25.3 Å². The number of benzene rings is 1. The van der Waals surface area contributed by atoms with Gasteiger partial charge in [0, 0.05) is 33.0 Å². The van der Waals surface area contributed by atoms with E-state index < -0.39 is 0 Å². The van der Waals surface area contributed by atoms with Crippen molar-refractivity contribution >= 4 is 23.4 Å². The highest BCUT2D eigenvalue weighted by Crippen LogP contribution is 2.26. The van der Waals surface area contributed by atoms with Gasteiger partial charge in [-0.25, -0.2) is 5.01 Å². The van der Waals surface area contributed by atoms with Gasteiger partial charge in [-0.2, -0.15) is 5.10 Å². The minimum absolute atomic E-state index is 0.0722. The molecule has 0 bridgehead atoms. The molecule has 0 unspecified atom stereocenters. The van der Waals surface area contributed by atoms with Crippen molar-refractivity contribution in [3.05, 3.63) is 35.9 Å². The Kier molecular flexibility index (Phi) is 4.59. The molecule has 7 heteroatoms. The predicted octanol–water partition coefficient (Wildman–Crippen LogP) is 0.684. The molecule has 1 aromatic rings. The Bertz CT molecular complexity index is 686. The number of nitrogens with one attached hydrogen (secondary N) is 1. The number of amides is 3. The van der Waals surface area contributed by atoms with Gasteiger partial charge in [-0.1, -0.05) is 30.3 Å². The fourth-order valence-corrected chi connectivity index (χ4v) is 3.04. The normalized spacial score (nSPS) is 21.9. The maximum atomic E-state index is 13.0. The molecule has 0 spiro atoms. The summed E-state index contributed by atoms with van der Waals surface area (Å²) in [7, 11) is 1.55. The summed E-state index contributed by atoms with van der Waals surface area (Å²) in [6, 6.07) is 9.20. The number of nitrogens with zero attached hydrogens (tertiary/aromatic N) is 3. The van der Waals surface area contributed by atoms with Crippen LogP contribution in [0.1, 0.15) is 30.9 Å². The Balaban J connectivity index is 1.90. The van der Waals surface area contributed by atoms with Gasteiger partial charge in [0.15, 0.2) is 0 Å². The Hall–Kier alpha value is -2.70. The molecule has 2 heterocycles. The second kappa shape index (κ2) is 6.82. The monoisotopic (exact) mass is 328 g/mol. The first kappa shape index (κ1) is 16.2. The largest absolute Gasteiger partial charge is 0.354 e. The summed E-state index contributed by atoms with van der Waals surface area (Å²) < 4.78 is 0. The van der Waals surface area contributed by atoms with Crippen LogP contribution in [0.3, 0.4) is 0 Å². The van der Waals surface area contributed by atoms with Gasteiger partial charge in [0.1, 0.15) is 5.71 Å². The van der Waals surface area contributed by atoms with Crippen LogP contribution in [0, 0.1) is 0 Å². The number of hydrazone groups is 1. The first-order valence-corrected chi connectivity index (χ1v) is 8.03. The topological polar surface area (TPSA) is 82.1 Å². The lowest BCUT2D eigenvalue weighted by Gasteiger charge is -2.31. The number of rotatable bonds is 2. The molecule has 1 fully saturated rings. The molecule has 24 heavy (non-hydrogen) atoms. The van der Waals surface area contributed by atoms with E-state index in [0.29, 0.717) is 25.2 Å². The number of hydrogen-bond acceptors (Lipinski definition) is 4. The molecular formula is C17H20N4O3. The molecule has 1 N–H and O–H groups in total. The number of carbonyl (C=O) groups excluding carboxylic acids is 3. The van der Waals surface area contributed by atoms with E-state index in [1.807, 2.05) is 30.3 Å². The highest BCUT2D eigenvalue weighted by atomic mass is 16.2. The van der Waals surface area contributed by atoms with E-state index in [9.17, 15) is 14.4 Å². The maximum absolute atomic E-state index is 13.0. The van der Waals surface area contributed by atoms with Gasteiger partial charge in [0.2, 0.25) is 11.8 Å². The highest BCUT2D eigenvalue weighted by molar-refractivity contribution is 6.39. The zero-order valence-electron chi connectivity index (χ0n) is 13.6. The van der Waals surface area contributed by atoms with Crippen molar-refractivity contribution in [2.24, 2.45) is 5.10 Å². The van der Waals surface area contributed by atoms with Gasteiger partial charge in [0.25, 0.3) is 5.91 Å². The zero-order valence-corrected chi connectivity index (χ0v) is 13.6. The van der Waals surface area contributed by atoms with Crippen molar-refractivity contribution in [2.75, 3.05) is 20.1 Å². The van der Waals surface area contributed by atoms with Crippen molar-refractivity contribution < 1.29 is 14.4 Å². The predicted molar refractivity (Wildman–Crippen MR) is 88.0 cm³/mol. The molecule has 0 saturated carbocycles. The van der Waals surface area contributed by atoms with E-state index in [1.165, 1.54) is 5.01 Å². The summed E-state index contributed by atoms with van der Waals surface area (Å²) in [5, 5.41) is 8.15. The lowest BCUT2D eigenvalue weighted by molar-refractivity contribution is -0.131. The van der Waals surface area contributed by atoms with E-state index in [-0.39, 0.29) is 36.6 Å². The van der Waals surface area contributed by atoms with Crippen LogP contribution >= 0.6 is 0 Å². The summed E-state index contributed by atoms with van der Waals surface area (Å²) in [6.45, 7) is 0.830. The van der Waals surface area contributed by atoms with Crippen LogP contribution in [0.2, 0.25) is 0 Å². The number of carbonyl (C=O) groups is 3. The summed E-state index contributed by atoms with van der Waals surface area (Å²) in [5.41, 5.74) is 1.29. The van der Waals surface area contributed by atoms with E-state index in [0.717, 1.165) is 5.56 Å². The van der Waals surface area contributed by atoms with Crippen molar-refractivity contribution in [3.8, 4) is 0 Å². The molecule has 1 aromatic carbocycles. The van der Waals surface area contributed by atoms with E-state index in [2.05, 4.69) is 10.4 Å².